The Kier molecular flexibility index (Phi) is 4.37. The molecule has 2 aromatic rings. The minimum Gasteiger partial charge on any atom is -0.399 e. The van der Waals surface area contributed by atoms with Crippen LogP contribution in [0.5, 0.6) is 0 Å². The smallest absolute Gasteiger partial charge is 0.0393 e. The number of fused-ring (bicyclic) bond motifs is 2. The molecule has 0 spiro atoms. The monoisotopic (exact) mass is 296 g/mol. The van der Waals surface area contributed by atoms with Crippen LogP contribution in [0.1, 0.15) is 24.0 Å². The van der Waals surface area contributed by atoms with Crippen LogP contribution in [0.2, 0.25) is 0 Å². The first kappa shape index (κ1) is 14.6. The number of hydrogen-bond donors (Lipinski definition) is 4. The number of nitrogens with two attached hydrogens (primary N) is 2. The SMILES string of the molecule is Nc1ccc2c(c1)NCCC2.Nc1ccc2c(c1)NCCC2. The van der Waals surface area contributed by atoms with Crippen LogP contribution in [-0.4, -0.2) is 13.1 Å². The van der Waals surface area contributed by atoms with Gasteiger partial charge in [-0.05, 0) is 61.1 Å². The fourth-order valence-corrected chi connectivity index (χ4v) is 2.96. The van der Waals surface area contributed by atoms with Crippen LogP contribution in [0.15, 0.2) is 36.4 Å². The lowest BCUT2D eigenvalue weighted by atomic mass is 10.0. The Balaban J connectivity index is 0.000000131. The van der Waals surface area contributed by atoms with Crippen molar-refractivity contribution in [2.45, 2.75) is 25.7 Å². The van der Waals surface area contributed by atoms with E-state index in [0.717, 1.165) is 24.5 Å². The van der Waals surface area contributed by atoms with Gasteiger partial charge < -0.3 is 22.1 Å². The molecule has 0 aliphatic carbocycles. The lowest BCUT2D eigenvalue weighted by Crippen LogP contribution is -2.11. The van der Waals surface area contributed by atoms with E-state index in [-0.39, 0.29) is 0 Å². The quantitative estimate of drug-likeness (QED) is 0.563. The van der Waals surface area contributed by atoms with Gasteiger partial charge in [0.1, 0.15) is 0 Å². The first-order valence-corrected chi connectivity index (χ1v) is 7.97. The van der Waals surface area contributed by atoms with Crippen LogP contribution in [0.4, 0.5) is 22.7 Å². The van der Waals surface area contributed by atoms with Gasteiger partial charge in [-0.2, -0.15) is 0 Å². The minimum absolute atomic E-state index is 0.846. The fraction of sp³-hybridized carbons (Fsp3) is 0.333. The second-order valence-electron chi connectivity index (χ2n) is 5.89. The third-order valence-electron chi connectivity index (χ3n) is 4.14. The van der Waals surface area contributed by atoms with Crippen molar-refractivity contribution >= 4 is 22.7 Å². The average molecular weight is 296 g/mol. The van der Waals surface area contributed by atoms with Crippen molar-refractivity contribution in [2.75, 3.05) is 35.2 Å². The molecular formula is C18H24N4. The summed E-state index contributed by atoms with van der Waals surface area (Å²) < 4.78 is 0. The Bertz CT molecular complexity index is 594. The molecule has 2 heterocycles. The number of nitrogens with one attached hydrogen (secondary N) is 2. The number of rotatable bonds is 0. The zero-order chi connectivity index (χ0) is 15.4. The Hall–Kier alpha value is -2.36. The molecule has 4 nitrogen and oxygen atoms in total. The molecule has 0 bridgehead atoms. The van der Waals surface area contributed by atoms with Crippen molar-refractivity contribution in [3.05, 3.63) is 47.5 Å². The molecular weight excluding hydrogens is 272 g/mol. The third kappa shape index (κ3) is 3.45. The van der Waals surface area contributed by atoms with Crippen molar-refractivity contribution in [1.29, 1.82) is 0 Å². The molecule has 0 radical (unpaired) electrons. The van der Waals surface area contributed by atoms with Crippen LogP contribution in [0.25, 0.3) is 0 Å². The average Bonchev–Trinajstić information content (AvgIpc) is 2.55. The number of anilines is 4. The van der Waals surface area contributed by atoms with Crippen molar-refractivity contribution in [1.82, 2.24) is 0 Å². The lowest BCUT2D eigenvalue weighted by molar-refractivity contribution is 0.830. The van der Waals surface area contributed by atoms with Crippen molar-refractivity contribution in [3.63, 3.8) is 0 Å². The van der Waals surface area contributed by atoms with Crippen molar-refractivity contribution in [3.8, 4) is 0 Å². The van der Waals surface area contributed by atoms with E-state index < -0.39 is 0 Å². The first-order valence-electron chi connectivity index (χ1n) is 7.97. The first-order chi connectivity index (χ1) is 10.7. The molecule has 6 N–H and O–H groups in total. The summed E-state index contributed by atoms with van der Waals surface area (Å²) in [7, 11) is 0. The van der Waals surface area contributed by atoms with Crippen LogP contribution < -0.4 is 22.1 Å². The highest BCUT2D eigenvalue weighted by atomic mass is 14.9. The van der Waals surface area contributed by atoms with E-state index in [4.69, 9.17) is 11.5 Å². The maximum absolute atomic E-state index is 5.64. The fourth-order valence-electron chi connectivity index (χ4n) is 2.96. The van der Waals surface area contributed by atoms with Crippen molar-refractivity contribution in [2.24, 2.45) is 0 Å². The zero-order valence-corrected chi connectivity index (χ0v) is 12.9. The van der Waals surface area contributed by atoms with Crippen LogP contribution >= 0.6 is 0 Å². The molecule has 0 saturated heterocycles. The Morgan fingerprint density at radius 3 is 1.59 bits per heavy atom. The van der Waals surface area contributed by atoms with Crippen molar-refractivity contribution < 1.29 is 0 Å². The molecule has 0 amide bonds. The van der Waals surface area contributed by atoms with E-state index in [1.54, 1.807) is 0 Å². The van der Waals surface area contributed by atoms with E-state index in [0.29, 0.717) is 0 Å². The molecule has 4 heteroatoms. The van der Waals surface area contributed by atoms with Gasteiger partial charge in [0.05, 0.1) is 0 Å². The molecule has 116 valence electrons. The molecule has 4 rings (SSSR count). The minimum atomic E-state index is 0.846. The summed E-state index contributed by atoms with van der Waals surface area (Å²) in [5.41, 5.74) is 18.2. The molecule has 2 aliphatic rings. The molecule has 2 aromatic carbocycles. The van der Waals surface area contributed by atoms with E-state index in [1.807, 2.05) is 24.3 Å². The van der Waals surface area contributed by atoms with Gasteiger partial charge in [0.2, 0.25) is 0 Å². The highest BCUT2D eigenvalue weighted by molar-refractivity contribution is 5.61. The standard InChI is InChI=1S/2C9H12N2/c2*10-8-4-3-7-2-1-5-11-9(7)6-8/h2*3-4,6,11H,1-2,5,10H2. The maximum Gasteiger partial charge on any atom is 0.0393 e. The van der Waals surface area contributed by atoms with E-state index >= 15 is 0 Å². The van der Waals surface area contributed by atoms with Gasteiger partial charge in [-0.3, -0.25) is 0 Å². The van der Waals surface area contributed by atoms with E-state index in [9.17, 15) is 0 Å². The molecule has 22 heavy (non-hydrogen) atoms. The van der Waals surface area contributed by atoms with Crippen LogP contribution in [0, 0.1) is 0 Å². The number of nitrogen functional groups attached to an aromatic ring is 2. The van der Waals surface area contributed by atoms with E-state index in [2.05, 4.69) is 22.8 Å². The summed E-state index contributed by atoms with van der Waals surface area (Å²) >= 11 is 0. The van der Waals surface area contributed by atoms with Crippen LogP contribution in [0.3, 0.4) is 0 Å². The van der Waals surface area contributed by atoms with Crippen LogP contribution in [-0.2, 0) is 12.8 Å². The molecule has 2 aliphatic heterocycles. The van der Waals surface area contributed by atoms with Gasteiger partial charge in [-0.25, -0.2) is 0 Å². The maximum atomic E-state index is 5.64. The molecule has 0 aromatic heterocycles. The summed E-state index contributed by atoms with van der Waals surface area (Å²) in [6.45, 7) is 2.16. The molecule has 0 fully saturated rings. The third-order valence-corrected chi connectivity index (χ3v) is 4.14. The summed E-state index contributed by atoms with van der Waals surface area (Å²) in [6, 6.07) is 12.2. The predicted molar refractivity (Wildman–Crippen MR) is 95.3 cm³/mol. The lowest BCUT2D eigenvalue weighted by Gasteiger charge is -2.17. The summed E-state index contributed by atoms with van der Waals surface area (Å²) in [5.74, 6) is 0. The second kappa shape index (κ2) is 6.60. The van der Waals surface area contributed by atoms with Gasteiger partial charge in [-0.1, -0.05) is 12.1 Å². The van der Waals surface area contributed by atoms with Gasteiger partial charge in [0, 0.05) is 35.8 Å². The zero-order valence-electron chi connectivity index (χ0n) is 12.9. The second-order valence-corrected chi connectivity index (χ2v) is 5.89. The highest BCUT2D eigenvalue weighted by Crippen LogP contribution is 2.24. The molecule has 0 unspecified atom stereocenters. The molecule has 0 atom stereocenters. The predicted octanol–water partition coefficient (Wildman–Crippen LogP) is 3.25. The molecule has 0 saturated carbocycles. The Labute approximate surface area is 131 Å². The summed E-state index contributed by atoms with van der Waals surface area (Å²) in [6.07, 6.45) is 4.83. The topological polar surface area (TPSA) is 76.1 Å². The number of benzene rings is 2. The normalized spacial score (nSPS) is 15.3. The highest BCUT2D eigenvalue weighted by Gasteiger charge is 2.07. The summed E-state index contributed by atoms with van der Waals surface area (Å²) in [5, 5.41) is 6.65. The number of hydrogen-bond acceptors (Lipinski definition) is 4. The Morgan fingerprint density at radius 2 is 1.14 bits per heavy atom. The Morgan fingerprint density at radius 1 is 0.682 bits per heavy atom. The van der Waals surface area contributed by atoms with Gasteiger partial charge in [0.25, 0.3) is 0 Å². The van der Waals surface area contributed by atoms with E-state index in [1.165, 1.54) is 48.2 Å². The van der Waals surface area contributed by atoms with Gasteiger partial charge in [-0.15, -0.1) is 0 Å². The van der Waals surface area contributed by atoms with Gasteiger partial charge >= 0.3 is 0 Å². The summed E-state index contributed by atoms with van der Waals surface area (Å²) in [4.78, 5) is 0. The number of aryl methyl sites for hydroxylation is 2. The largest absolute Gasteiger partial charge is 0.399 e. The van der Waals surface area contributed by atoms with Gasteiger partial charge in [0.15, 0.2) is 0 Å².